The summed E-state index contributed by atoms with van der Waals surface area (Å²) >= 11 is 0. The van der Waals surface area contributed by atoms with Crippen molar-refractivity contribution in [2.45, 2.75) is 57.8 Å². The molecule has 2 rings (SSSR count). The molecule has 1 aromatic carbocycles. The molecule has 1 fully saturated rings. The summed E-state index contributed by atoms with van der Waals surface area (Å²) in [5, 5.41) is 2.68. The van der Waals surface area contributed by atoms with E-state index in [4.69, 9.17) is 0 Å². The first-order valence-electron chi connectivity index (χ1n) is 8.00. The molecule has 0 aliphatic heterocycles. The summed E-state index contributed by atoms with van der Waals surface area (Å²) in [4.78, 5) is 14.4. The molecule has 1 aliphatic rings. The van der Waals surface area contributed by atoms with Crippen LogP contribution in [0.2, 0.25) is 0 Å². The minimum Gasteiger partial charge on any atom is -0.325 e. The van der Waals surface area contributed by atoms with E-state index >= 15 is 0 Å². The Morgan fingerprint density at radius 1 is 1.22 bits per heavy atom. The lowest BCUT2D eigenvalue weighted by atomic mass is 10.1. The van der Waals surface area contributed by atoms with Crippen LogP contribution in [0.5, 0.6) is 0 Å². The Labute approximate surface area is 134 Å². The fourth-order valence-electron chi connectivity index (χ4n) is 3.08. The number of rotatable bonds is 5. The monoisotopic (exact) mass is 328 g/mol. The molecule has 0 saturated heterocycles. The summed E-state index contributed by atoms with van der Waals surface area (Å²) in [5.41, 5.74) is -0.330. The highest BCUT2D eigenvalue weighted by Gasteiger charge is 2.30. The van der Waals surface area contributed by atoms with Crippen molar-refractivity contribution in [1.82, 2.24) is 4.90 Å². The van der Waals surface area contributed by atoms with Gasteiger partial charge in [0.1, 0.15) is 0 Å². The average molecular weight is 328 g/mol. The van der Waals surface area contributed by atoms with Crippen LogP contribution in [0.4, 0.5) is 18.9 Å². The summed E-state index contributed by atoms with van der Waals surface area (Å²) < 4.78 is 37.6. The summed E-state index contributed by atoms with van der Waals surface area (Å²) in [5.74, 6) is -0.189. The van der Waals surface area contributed by atoms with Crippen LogP contribution in [-0.2, 0) is 11.0 Å². The summed E-state index contributed by atoms with van der Waals surface area (Å²) in [6.45, 7) is 4.39. The van der Waals surface area contributed by atoms with Gasteiger partial charge in [-0.3, -0.25) is 9.69 Å². The number of hydrogen-bond donors (Lipinski definition) is 1. The van der Waals surface area contributed by atoms with Crippen LogP contribution in [0.1, 0.15) is 45.1 Å². The first-order chi connectivity index (χ1) is 10.8. The smallest absolute Gasteiger partial charge is 0.325 e. The summed E-state index contributed by atoms with van der Waals surface area (Å²) in [7, 11) is 0. The lowest BCUT2D eigenvalue weighted by Gasteiger charge is -2.31. The second-order valence-corrected chi connectivity index (χ2v) is 6.33. The van der Waals surface area contributed by atoms with E-state index in [1.165, 1.54) is 25.0 Å². The fraction of sp³-hybridized carbons (Fsp3) is 0.588. The molecule has 0 bridgehead atoms. The topological polar surface area (TPSA) is 32.3 Å². The van der Waals surface area contributed by atoms with E-state index in [1.54, 1.807) is 0 Å². The van der Waals surface area contributed by atoms with E-state index in [0.29, 0.717) is 11.7 Å². The lowest BCUT2D eigenvalue weighted by Crippen LogP contribution is -2.43. The van der Waals surface area contributed by atoms with Crippen molar-refractivity contribution < 1.29 is 18.0 Å². The van der Waals surface area contributed by atoms with Gasteiger partial charge in [-0.15, -0.1) is 0 Å². The Kier molecular flexibility index (Phi) is 5.68. The molecule has 0 aromatic heterocycles. The van der Waals surface area contributed by atoms with Gasteiger partial charge < -0.3 is 5.32 Å². The molecule has 6 heteroatoms. The van der Waals surface area contributed by atoms with Crippen molar-refractivity contribution in [2.24, 2.45) is 0 Å². The third-order valence-electron chi connectivity index (χ3n) is 4.28. The molecule has 1 amide bonds. The quantitative estimate of drug-likeness (QED) is 0.874. The molecule has 0 radical (unpaired) electrons. The highest BCUT2D eigenvalue weighted by Crippen LogP contribution is 2.30. The second kappa shape index (κ2) is 7.34. The Balaban J connectivity index is 1.95. The van der Waals surface area contributed by atoms with Crippen molar-refractivity contribution in [3.05, 3.63) is 29.8 Å². The molecule has 0 heterocycles. The zero-order valence-electron chi connectivity index (χ0n) is 13.5. The van der Waals surface area contributed by atoms with Gasteiger partial charge in [-0.2, -0.15) is 13.2 Å². The maximum absolute atomic E-state index is 12.5. The number of alkyl halides is 3. The molecule has 1 aromatic rings. The molecular formula is C17H23F3N2O. The second-order valence-electron chi connectivity index (χ2n) is 6.33. The Morgan fingerprint density at radius 3 is 2.26 bits per heavy atom. The third-order valence-corrected chi connectivity index (χ3v) is 4.28. The fourth-order valence-corrected chi connectivity index (χ4v) is 3.08. The zero-order valence-corrected chi connectivity index (χ0v) is 13.5. The Bertz CT molecular complexity index is 520. The summed E-state index contributed by atoms with van der Waals surface area (Å²) in [6.07, 6.45) is 0.222. The summed E-state index contributed by atoms with van der Waals surface area (Å²) in [6, 6.07) is 5.22. The van der Waals surface area contributed by atoms with E-state index in [2.05, 4.69) is 24.1 Å². The van der Waals surface area contributed by atoms with Crippen LogP contribution in [0, 0.1) is 0 Å². The largest absolute Gasteiger partial charge is 0.416 e. The molecular weight excluding hydrogens is 305 g/mol. The molecule has 3 nitrogen and oxygen atoms in total. The minimum absolute atomic E-state index is 0.189. The zero-order chi connectivity index (χ0) is 17.0. The first-order valence-corrected chi connectivity index (χ1v) is 8.00. The molecule has 1 aliphatic carbocycles. The number of carbonyl (C=O) groups is 1. The van der Waals surface area contributed by atoms with Gasteiger partial charge in [0, 0.05) is 17.8 Å². The van der Waals surface area contributed by atoms with Gasteiger partial charge in [0.2, 0.25) is 5.91 Å². The normalized spacial score (nSPS) is 16.3. The van der Waals surface area contributed by atoms with Gasteiger partial charge in [0.15, 0.2) is 0 Å². The molecule has 23 heavy (non-hydrogen) atoms. The van der Waals surface area contributed by atoms with Crippen molar-refractivity contribution in [2.75, 3.05) is 11.9 Å². The SMILES string of the molecule is CC(C)N(CC(=O)Nc1ccc(C(F)(F)F)cc1)C1CCCC1. The molecule has 1 saturated carbocycles. The van der Waals surface area contributed by atoms with E-state index in [-0.39, 0.29) is 18.5 Å². The van der Waals surface area contributed by atoms with Crippen molar-refractivity contribution in [3.63, 3.8) is 0 Å². The Morgan fingerprint density at radius 2 is 1.78 bits per heavy atom. The van der Waals surface area contributed by atoms with Gasteiger partial charge in [0.05, 0.1) is 12.1 Å². The number of benzene rings is 1. The highest BCUT2D eigenvalue weighted by molar-refractivity contribution is 5.92. The third kappa shape index (κ3) is 4.96. The van der Waals surface area contributed by atoms with Crippen LogP contribution in [0.15, 0.2) is 24.3 Å². The minimum atomic E-state index is -4.36. The van der Waals surface area contributed by atoms with Gasteiger partial charge >= 0.3 is 6.18 Å². The average Bonchev–Trinajstić information content (AvgIpc) is 2.98. The van der Waals surface area contributed by atoms with Gasteiger partial charge in [-0.25, -0.2) is 0 Å². The number of nitrogens with zero attached hydrogens (tertiary/aromatic N) is 1. The Hall–Kier alpha value is -1.56. The van der Waals surface area contributed by atoms with Crippen LogP contribution >= 0.6 is 0 Å². The molecule has 0 unspecified atom stereocenters. The van der Waals surface area contributed by atoms with E-state index in [1.807, 2.05) is 0 Å². The van der Waals surface area contributed by atoms with Gasteiger partial charge in [-0.05, 0) is 51.0 Å². The molecule has 128 valence electrons. The van der Waals surface area contributed by atoms with Crippen molar-refractivity contribution >= 4 is 11.6 Å². The maximum Gasteiger partial charge on any atom is 0.416 e. The van der Waals surface area contributed by atoms with Crippen LogP contribution < -0.4 is 5.32 Å². The lowest BCUT2D eigenvalue weighted by molar-refractivity contribution is -0.137. The maximum atomic E-state index is 12.5. The predicted octanol–water partition coefficient (Wildman–Crippen LogP) is 4.30. The number of carbonyl (C=O) groups excluding carboxylic acids is 1. The standard InChI is InChI=1S/C17H23F3N2O/c1-12(2)22(15-5-3-4-6-15)11-16(23)21-14-9-7-13(8-10-14)17(18,19)20/h7-10,12,15H,3-6,11H2,1-2H3,(H,21,23). The van der Waals surface area contributed by atoms with Crippen LogP contribution in [-0.4, -0.2) is 29.4 Å². The van der Waals surface area contributed by atoms with Crippen molar-refractivity contribution in [1.29, 1.82) is 0 Å². The molecule has 0 atom stereocenters. The number of amides is 1. The van der Waals surface area contributed by atoms with Crippen molar-refractivity contribution in [3.8, 4) is 0 Å². The molecule has 0 spiro atoms. The number of halogens is 3. The van der Waals surface area contributed by atoms with E-state index < -0.39 is 11.7 Å². The highest BCUT2D eigenvalue weighted by atomic mass is 19.4. The van der Waals surface area contributed by atoms with E-state index in [0.717, 1.165) is 25.0 Å². The predicted molar refractivity (Wildman–Crippen MR) is 84.2 cm³/mol. The van der Waals surface area contributed by atoms with Crippen LogP contribution in [0.3, 0.4) is 0 Å². The van der Waals surface area contributed by atoms with Gasteiger partial charge in [-0.1, -0.05) is 12.8 Å². The van der Waals surface area contributed by atoms with Crippen LogP contribution in [0.25, 0.3) is 0 Å². The number of anilines is 1. The van der Waals surface area contributed by atoms with Gasteiger partial charge in [0.25, 0.3) is 0 Å². The number of nitrogens with one attached hydrogen (secondary N) is 1. The molecule has 1 N–H and O–H groups in total. The number of hydrogen-bond acceptors (Lipinski definition) is 2. The first kappa shape index (κ1) is 17.8. The van der Waals surface area contributed by atoms with E-state index in [9.17, 15) is 18.0 Å².